The summed E-state index contributed by atoms with van der Waals surface area (Å²) in [4.78, 5) is 23.9. The van der Waals surface area contributed by atoms with Crippen molar-refractivity contribution in [1.29, 1.82) is 0 Å². The Labute approximate surface area is 152 Å². The second-order valence-electron chi connectivity index (χ2n) is 8.42. The Kier molecular flexibility index (Phi) is 3.88. The Hall–Kier alpha value is -1.95. The second-order valence-corrected chi connectivity index (χ2v) is 8.42. The number of hydrogen-bond acceptors (Lipinski definition) is 6. The van der Waals surface area contributed by atoms with Crippen LogP contribution in [0.4, 0.5) is 0 Å². The van der Waals surface area contributed by atoms with Crippen molar-refractivity contribution in [3.8, 4) is 0 Å². The molecule has 0 aromatic carbocycles. The van der Waals surface area contributed by atoms with Crippen LogP contribution in [0.2, 0.25) is 0 Å². The second kappa shape index (κ2) is 5.78. The van der Waals surface area contributed by atoms with Crippen LogP contribution < -0.4 is 0 Å². The van der Waals surface area contributed by atoms with Crippen LogP contribution in [0.1, 0.15) is 52.4 Å². The fourth-order valence-corrected chi connectivity index (χ4v) is 5.82. The van der Waals surface area contributed by atoms with Crippen LogP contribution in [0.15, 0.2) is 28.5 Å². The Morgan fingerprint density at radius 1 is 1.38 bits per heavy atom. The molecule has 6 nitrogen and oxygen atoms in total. The maximum absolute atomic E-state index is 12.6. The first-order chi connectivity index (χ1) is 12.3. The Morgan fingerprint density at radius 2 is 2.15 bits per heavy atom. The van der Waals surface area contributed by atoms with Gasteiger partial charge in [0, 0.05) is 25.2 Å². The van der Waals surface area contributed by atoms with Gasteiger partial charge in [-0.3, -0.25) is 9.59 Å². The highest BCUT2D eigenvalue weighted by atomic mass is 16.7. The van der Waals surface area contributed by atoms with E-state index >= 15 is 0 Å². The van der Waals surface area contributed by atoms with Gasteiger partial charge in [-0.1, -0.05) is 18.2 Å². The molecule has 4 rings (SSSR count). The van der Waals surface area contributed by atoms with Gasteiger partial charge in [-0.05, 0) is 60.7 Å². The van der Waals surface area contributed by atoms with Crippen LogP contribution in [0.5, 0.6) is 0 Å². The molecular formula is C20H25NO5. The summed E-state index contributed by atoms with van der Waals surface area (Å²) in [5.41, 5.74) is 2.20. The minimum absolute atomic E-state index is 0.00615. The van der Waals surface area contributed by atoms with Gasteiger partial charge in [0.05, 0.1) is 0 Å². The lowest BCUT2D eigenvalue weighted by atomic mass is 9.54. The Bertz CT molecular complexity index is 766. The van der Waals surface area contributed by atoms with E-state index in [1.54, 1.807) is 6.08 Å². The molecule has 4 aliphatic carbocycles. The van der Waals surface area contributed by atoms with E-state index in [2.05, 4.69) is 5.16 Å². The number of rotatable bonds is 1. The normalized spacial score (nSPS) is 43.1. The Balaban J connectivity index is 1.62. The van der Waals surface area contributed by atoms with Gasteiger partial charge in [-0.2, -0.15) is 0 Å². The molecule has 0 saturated heterocycles. The summed E-state index contributed by atoms with van der Waals surface area (Å²) in [5, 5.41) is 23.0. The van der Waals surface area contributed by atoms with E-state index in [1.807, 2.05) is 13.0 Å². The van der Waals surface area contributed by atoms with Crippen molar-refractivity contribution >= 4 is 17.5 Å². The summed E-state index contributed by atoms with van der Waals surface area (Å²) >= 11 is 0. The van der Waals surface area contributed by atoms with E-state index in [0.29, 0.717) is 24.0 Å². The number of oxime groups is 1. The third-order valence-corrected chi connectivity index (χ3v) is 6.99. The molecule has 0 amide bonds. The fourth-order valence-electron chi connectivity index (χ4n) is 5.82. The SMILES string of the molecule is CC(=O)OC1(O)C=C2CC[C@@H]3[C@H](CC[C@]4(C)C(=O)/C(=N\O)C[C@@H]34)C2=CC1. The number of hydrogen-bond donors (Lipinski definition) is 2. The molecule has 6 heteroatoms. The molecule has 3 fully saturated rings. The van der Waals surface area contributed by atoms with Crippen molar-refractivity contribution in [1.82, 2.24) is 0 Å². The maximum atomic E-state index is 12.6. The standard InChI is InChI=1S/C20H25NO5/c1-11(22)26-20(24)8-6-13-12(10-20)3-4-15-14(13)5-7-19(2)16(15)9-17(21-25)18(19)23/h6,10,14-16,24-25H,3-5,7-9H2,1-2H3/b21-17-/t14-,15-,16+,19+,20?/m1/s1. The predicted octanol–water partition coefficient (Wildman–Crippen LogP) is 2.74. The lowest BCUT2D eigenvalue weighted by Crippen LogP contribution is -2.45. The van der Waals surface area contributed by atoms with E-state index in [1.165, 1.54) is 12.5 Å². The molecule has 26 heavy (non-hydrogen) atoms. The summed E-state index contributed by atoms with van der Waals surface area (Å²) in [6.07, 6.45) is 7.95. The third-order valence-electron chi connectivity index (χ3n) is 6.99. The number of esters is 1. The third kappa shape index (κ3) is 2.46. The van der Waals surface area contributed by atoms with Crippen LogP contribution in [0, 0.1) is 23.2 Å². The number of carbonyl (C=O) groups excluding carboxylic acids is 2. The zero-order chi connectivity index (χ0) is 18.7. The monoisotopic (exact) mass is 359 g/mol. The zero-order valence-corrected chi connectivity index (χ0v) is 15.2. The first-order valence-corrected chi connectivity index (χ1v) is 9.37. The van der Waals surface area contributed by atoms with Crippen LogP contribution >= 0.6 is 0 Å². The number of aliphatic hydroxyl groups is 1. The molecule has 0 aromatic heterocycles. The molecule has 0 bridgehead atoms. The minimum atomic E-state index is -1.54. The summed E-state index contributed by atoms with van der Waals surface area (Å²) in [5.74, 6) is -1.10. The van der Waals surface area contributed by atoms with Crippen molar-refractivity contribution < 1.29 is 24.6 Å². The van der Waals surface area contributed by atoms with Crippen molar-refractivity contribution in [3.63, 3.8) is 0 Å². The first kappa shape index (κ1) is 17.5. The quantitative estimate of drug-likeness (QED) is 0.325. The van der Waals surface area contributed by atoms with Crippen LogP contribution in [0.25, 0.3) is 0 Å². The lowest BCUT2D eigenvalue weighted by Gasteiger charge is -2.49. The number of nitrogens with zero attached hydrogens (tertiary/aromatic N) is 1. The highest BCUT2D eigenvalue weighted by molar-refractivity contribution is 6.43. The molecule has 2 N–H and O–H groups in total. The van der Waals surface area contributed by atoms with E-state index in [9.17, 15) is 19.9 Å². The van der Waals surface area contributed by atoms with Crippen molar-refractivity contribution in [3.05, 3.63) is 23.3 Å². The van der Waals surface area contributed by atoms with Crippen molar-refractivity contribution in [2.24, 2.45) is 28.3 Å². The van der Waals surface area contributed by atoms with Crippen molar-refractivity contribution in [2.75, 3.05) is 0 Å². The maximum Gasteiger partial charge on any atom is 0.305 e. The molecule has 0 spiro atoms. The first-order valence-electron chi connectivity index (χ1n) is 9.37. The summed E-state index contributed by atoms with van der Waals surface area (Å²) in [6.45, 7) is 3.32. The average Bonchev–Trinajstić information content (AvgIpc) is 2.84. The average molecular weight is 359 g/mol. The van der Waals surface area contributed by atoms with Gasteiger partial charge in [-0.25, -0.2) is 0 Å². The molecule has 140 valence electrons. The summed E-state index contributed by atoms with van der Waals surface area (Å²) < 4.78 is 5.10. The van der Waals surface area contributed by atoms with Gasteiger partial charge >= 0.3 is 5.97 Å². The Morgan fingerprint density at radius 3 is 2.85 bits per heavy atom. The van der Waals surface area contributed by atoms with Crippen LogP contribution in [0.3, 0.4) is 0 Å². The van der Waals surface area contributed by atoms with Gasteiger partial charge in [0.25, 0.3) is 0 Å². The molecule has 5 atom stereocenters. The summed E-state index contributed by atoms with van der Waals surface area (Å²) in [6, 6.07) is 0. The number of ether oxygens (including phenoxy) is 1. The molecule has 3 saturated carbocycles. The van der Waals surface area contributed by atoms with Gasteiger partial charge < -0.3 is 15.1 Å². The minimum Gasteiger partial charge on any atom is -0.429 e. The van der Waals surface area contributed by atoms with Crippen LogP contribution in [-0.2, 0) is 14.3 Å². The van der Waals surface area contributed by atoms with Gasteiger partial charge in [-0.15, -0.1) is 0 Å². The smallest absolute Gasteiger partial charge is 0.305 e. The predicted molar refractivity (Wildman–Crippen MR) is 93.4 cm³/mol. The van der Waals surface area contributed by atoms with Crippen LogP contribution in [-0.4, -0.2) is 33.6 Å². The highest BCUT2D eigenvalue weighted by Crippen LogP contribution is 2.59. The van der Waals surface area contributed by atoms with E-state index in [-0.39, 0.29) is 18.1 Å². The fraction of sp³-hybridized carbons (Fsp3) is 0.650. The highest BCUT2D eigenvalue weighted by Gasteiger charge is 2.58. The number of Topliss-reactive ketones (excluding diaryl/α,β-unsaturated/α-hetero) is 1. The molecular weight excluding hydrogens is 334 g/mol. The van der Waals surface area contributed by atoms with Gasteiger partial charge in [0.1, 0.15) is 5.71 Å². The van der Waals surface area contributed by atoms with E-state index in [4.69, 9.17) is 4.74 Å². The molecule has 0 heterocycles. The lowest BCUT2D eigenvalue weighted by molar-refractivity contribution is -0.187. The number of allylic oxidation sites excluding steroid dienone is 2. The largest absolute Gasteiger partial charge is 0.429 e. The zero-order valence-electron chi connectivity index (χ0n) is 15.2. The number of fused-ring (bicyclic) bond motifs is 5. The van der Waals surface area contributed by atoms with Crippen molar-refractivity contribution in [2.45, 2.75) is 58.2 Å². The molecule has 1 unspecified atom stereocenters. The van der Waals surface area contributed by atoms with Gasteiger partial charge in [0.2, 0.25) is 5.79 Å². The molecule has 0 radical (unpaired) electrons. The van der Waals surface area contributed by atoms with E-state index in [0.717, 1.165) is 31.3 Å². The molecule has 0 aliphatic heterocycles. The summed E-state index contributed by atoms with van der Waals surface area (Å²) in [7, 11) is 0. The van der Waals surface area contributed by atoms with E-state index < -0.39 is 17.2 Å². The topological polar surface area (TPSA) is 96.2 Å². The number of ketones is 1. The number of carbonyl (C=O) groups is 2. The molecule has 0 aromatic rings. The molecule has 4 aliphatic rings. The van der Waals surface area contributed by atoms with Gasteiger partial charge in [0.15, 0.2) is 5.78 Å².